The lowest BCUT2D eigenvalue weighted by molar-refractivity contribution is -0.113. The van der Waals surface area contributed by atoms with Gasteiger partial charge in [0.1, 0.15) is 15.6 Å². The molecule has 0 fully saturated rings. The van der Waals surface area contributed by atoms with Gasteiger partial charge >= 0.3 is 11.9 Å². The van der Waals surface area contributed by atoms with Crippen molar-refractivity contribution in [2.24, 2.45) is 0 Å². The molecule has 3 aromatic rings. The molecule has 204 valence electrons. The van der Waals surface area contributed by atoms with E-state index in [1.54, 1.807) is 20.8 Å². The maximum absolute atomic E-state index is 12.9. The molecule has 1 N–H and O–H groups in total. The van der Waals surface area contributed by atoms with E-state index in [9.17, 15) is 14.4 Å². The van der Waals surface area contributed by atoms with Crippen molar-refractivity contribution in [3.63, 3.8) is 0 Å². The maximum Gasteiger partial charge on any atom is 0.348 e. The first-order chi connectivity index (χ1) is 18.2. The van der Waals surface area contributed by atoms with Gasteiger partial charge in [-0.05, 0) is 64.8 Å². The highest BCUT2D eigenvalue weighted by Crippen LogP contribution is 2.35. The van der Waals surface area contributed by atoms with Crippen LogP contribution < -0.4 is 10.1 Å². The summed E-state index contributed by atoms with van der Waals surface area (Å²) in [5, 5.41) is 12.1. The Kier molecular flexibility index (Phi) is 10.3. The molecule has 0 saturated carbocycles. The summed E-state index contributed by atoms with van der Waals surface area (Å²) in [6, 6.07) is 7.77. The Hall–Kier alpha value is -3.38. The van der Waals surface area contributed by atoms with E-state index in [-0.39, 0.29) is 46.4 Å². The standard InChI is InChI=1S/C26H32N4O6S2/c1-7-30-22(17(6)36-18-12-10-11-15(4)13-18)28-29-26(30)37-14-19(31)27-23-20(24(32)34-8-2)16(5)21(38-23)25(33)35-9-3/h10-13,17H,7-9,14H2,1-6H3,(H,27,31). The van der Waals surface area contributed by atoms with E-state index in [4.69, 9.17) is 14.2 Å². The number of thiophene rings is 1. The Balaban J connectivity index is 1.73. The number of rotatable bonds is 12. The van der Waals surface area contributed by atoms with Crippen LogP contribution in [0.1, 0.15) is 70.8 Å². The highest BCUT2D eigenvalue weighted by atomic mass is 32.2. The van der Waals surface area contributed by atoms with Crippen LogP contribution in [0.2, 0.25) is 0 Å². The van der Waals surface area contributed by atoms with Gasteiger partial charge in [-0.3, -0.25) is 4.79 Å². The van der Waals surface area contributed by atoms with Crippen LogP contribution in [0.15, 0.2) is 29.4 Å². The van der Waals surface area contributed by atoms with E-state index in [1.807, 2.05) is 49.6 Å². The summed E-state index contributed by atoms with van der Waals surface area (Å²) >= 11 is 2.20. The Morgan fingerprint density at radius 3 is 2.45 bits per heavy atom. The summed E-state index contributed by atoms with van der Waals surface area (Å²) in [7, 11) is 0. The normalized spacial score (nSPS) is 11.6. The van der Waals surface area contributed by atoms with E-state index in [2.05, 4.69) is 15.5 Å². The molecule has 0 bridgehead atoms. The number of esters is 2. The van der Waals surface area contributed by atoms with E-state index >= 15 is 0 Å². The Bertz CT molecular complexity index is 1300. The van der Waals surface area contributed by atoms with Crippen LogP contribution >= 0.6 is 23.1 Å². The molecule has 38 heavy (non-hydrogen) atoms. The number of hydrogen-bond donors (Lipinski definition) is 1. The summed E-state index contributed by atoms with van der Waals surface area (Å²) in [5.74, 6) is -0.136. The minimum absolute atomic E-state index is 0.0131. The number of thioether (sulfide) groups is 1. The second kappa shape index (κ2) is 13.4. The molecular weight excluding hydrogens is 528 g/mol. The molecule has 0 aliphatic rings. The number of carbonyl (C=O) groups is 3. The van der Waals surface area contributed by atoms with Crippen LogP contribution in [0.3, 0.4) is 0 Å². The number of nitrogens with one attached hydrogen (secondary N) is 1. The third kappa shape index (κ3) is 6.93. The molecule has 0 spiro atoms. The number of hydrogen-bond acceptors (Lipinski definition) is 10. The number of amides is 1. The zero-order valence-corrected chi connectivity index (χ0v) is 24.0. The van der Waals surface area contributed by atoms with Gasteiger partial charge in [0, 0.05) is 6.54 Å². The minimum Gasteiger partial charge on any atom is -0.483 e. The van der Waals surface area contributed by atoms with E-state index in [0.29, 0.717) is 23.1 Å². The van der Waals surface area contributed by atoms with Gasteiger partial charge in [0.25, 0.3) is 0 Å². The first-order valence-corrected chi connectivity index (χ1v) is 14.1. The van der Waals surface area contributed by atoms with Crippen molar-refractivity contribution in [3.05, 3.63) is 51.7 Å². The number of nitrogens with zero attached hydrogens (tertiary/aromatic N) is 3. The minimum atomic E-state index is -0.613. The Morgan fingerprint density at radius 1 is 1.08 bits per heavy atom. The van der Waals surface area contributed by atoms with Gasteiger partial charge in [0.15, 0.2) is 17.1 Å². The molecule has 12 heteroatoms. The molecule has 3 rings (SSSR count). The van der Waals surface area contributed by atoms with Gasteiger partial charge in [-0.1, -0.05) is 23.9 Å². The number of benzene rings is 1. The summed E-state index contributed by atoms with van der Waals surface area (Å²) < 4.78 is 18.2. The maximum atomic E-state index is 12.9. The monoisotopic (exact) mass is 560 g/mol. The molecular formula is C26H32N4O6S2. The molecule has 0 aliphatic carbocycles. The van der Waals surface area contributed by atoms with Crippen molar-refractivity contribution in [1.82, 2.24) is 14.8 Å². The first kappa shape index (κ1) is 29.2. The Labute approximate surface area is 230 Å². The highest BCUT2D eigenvalue weighted by molar-refractivity contribution is 7.99. The largest absolute Gasteiger partial charge is 0.483 e. The fourth-order valence-corrected chi connectivity index (χ4v) is 5.60. The van der Waals surface area contributed by atoms with Crippen LogP contribution in [0.5, 0.6) is 5.75 Å². The van der Waals surface area contributed by atoms with Crippen molar-refractivity contribution >= 4 is 45.9 Å². The summed E-state index contributed by atoms with van der Waals surface area (Å²) in [6.07, 6.45) is -0.352. The lowest BCUT2D eigenvalue weighted by Crippen LogP contribution is -2.17. The van der Waals surface area contributed by atoms with Crippen molar-refractivity contribution < 1.29 is 28.6 Å². The molecule has 0 aliphatic heterocycles. The lowest BCUT2D eigenvalue weighted by Gasteiger charge is -2.16. The van der Waals surface area contributed by atoms with E-state index in [1.165, 1.54) is 11.8 Å². The molecule has 0 saturated heterocycles. The number of ether oxygens (including phenoxy) is 3. The fraction of sp³-hybridized carbons (Fsp3) is 0.423. The molecule has 0 radical (unpaired) electrons. The zero-order valence-electron chi connectivity index (χ0n) is 22.3. The number of aromatic nitrogens is 3. The molecule has 1 unspecified atom stereocenters. The second-order valence-electron chi connectivity index (χ2n) is 8.20. The van der Waals surface area contributed by atoms with Gasteiger partial charge in [-0.15, -0.1) is 21.5 Å². The van der Waals surface area contributed by atoms with E-state index in [0.717, 1.165) is 22.6 Å². The summed E-state index contributed by atoms with van der Waals surface area (Å²) in [6.45, 7) is 11.8. The average Bonchev–Trinajstić information content (AvgIpc) is 3.43. The topological polar surface area (TPSA) is 122 Å². The average molecular weight is 561 g/mol. The molecule has 10 nitrogen and oxygen atoms in total. The smallest absolute Gasteiger partial charge is 0.348 e. The summed E-state index contributed by atoms with van der Waals surface area (Å²) in [5.41, 5.74) is 1.66. The molecule has 1 amide bonds. The molecule has 1 aromatic carbocycles. The van der Waals surface area contributed by atoms with Crippen LogP contribution in [0, 0.1) is 13.8 Å². The SMILES string of the molecule is CCOC(=O)c1sc(NC(=O)CSc2nnc(C(C)Oc3cccc(C)c3)n2CC)c(C(=O)OCC)c1C. The van der Waals surface area contributed by atoms with Gasteiger partial charge in [-0.2, -0.15) is 0 Å². The van der Waals surface area contributed by atoms with Gasteiger partial charge in [0.2, 0.25) is 5.91 Å². The van der Waals surface area contributed by atoms with Gasteiger partial charge < -0.3 is 24.1 Å². The van der Waals surface area contributed by atoms with Crippen molar-refractivity contribution in [3.8, 4) is 5.75 Å². The lowest BCUT2D eigenvalue weighted by atomic mass is 10.1. The van der Waals surface area contributed by atoms with Crippen molar-refractivity contribution in [2.45, 2.75) is 59.3 Å². The molecule has 2 heterocycles. The third-order valence-corrected chi connectivity index (χ3v) is 7.55. The predicted molar refractivity (Wildman–Crippen MR) is 146 cm³/mol. The first-order valence-electron chi connectivity index (χ1n) is 12.3. The van der Waals surface area contributed by atoms with E-state index < -0.39 is 11.9 Å². The molecule has 2 aromatic heterocycles. The number of carbonyl (C=O) groups excluding carboxylic acids is 3. The molecule has 1 atom stereocenters. The zero-order chi connectivity index (χ0) is 27.8. The van der Waals surface area contributed by atoms with Crippen LogP contribution in [0.25, 0.3) is 0 Å². The van der Waals surface area contributed by atoms with Crippen molar-refractivity contribution in [2.75, 3.05) is 24.3 Å². The number of aryl methyl sites for hydroxylation is 1. The third-order valence-electron chi connectivity index (χ3n) is 5.40. The second-order valence-corrected chi connectivity index (χ2v) is 10.2. The Morgan fingerprint density at radius 2 is 1.79 bits per heavy atom. The van der Waals surface area contributed by atoms with Crippen LogP contribution in [-0.4, -0.2) is 51.6 Å². The van der Waals surface area contributed by atoms with Crippen LogP contribution in [0.4, 0.5) is 5.00 Å². The fourth-order valence-electron chi connectivity index (χ4n) is 3.68. The van der Waals surface area contributed by atoms with Gasteiger partial charge in [0.05, 0.1) is 24.5 Å². The number of anilines is 1. The summed E-state index contributed by atoms with van der Waals surface area (Å²) in [4.78, 5) is 38.1. The predicted octanol–water partition coefficient (Wildman–Crippen LogP) is 5.20. The van der Waals surface area contributed by atoms with Crippen molar-refractivity contribution in [1.29, 1.82) is 0 Å². The quantitative estimate of drug-likeness (QED) is 0.235. The van der Waals surface area contributed by atoms with Gasteiger partial charge in [-0.25, -0.2) is 9.59 Å². The highest BCUT2D eigenvalue weighted by Gasteiger charge is 2.27. The van der Waals surface area contributed by atoms with Crippen LogP contribution in [-0.2, 0) is 20.8 Å².